The Bertz CT molecular complexity index is 590. The third kappa shape index (κ3) is 4.30. The molecule has 21 heavy (non-hydrogen) atoms. The number of rotatable bonds is 6. The first-order valence-corrected chi connectivity index (χ1v) is 7.01. The van der Waals surface area contributed by atoms with E-state index in [4.69, 9.17) is 5.73 Å². The number of aromatic nitrogens is 3. The molecule has 0 spiro atoms. The molecule has 1 unspecified atom stereocenters. The topological polar surface area (TPSA) is 85.8 Å². The molecule has 0 aliphatic rings. The highest BCUT2D eigenvalue weighted by Crippen LogP contribution is 2.19. The molecule has 0 bridgehead atoms. The molecule has 1 aromatic heterocycles. The highest BCUT2D eigenvalue weighted by molar-refractivity contribution is 5.76. The van der Waals surface area contributed by atoms with Gasteiger partial charge in [0.25, 0.3) is 0 Å². The monoisotopic (exact) mass is 287 g/mol. The summed E-state index contributed by atoms with van der Waals surface area (Å²) in [6.07, 6.45) is 2.79. The van der Waals surface area contributed by atoms with Gasteiger partial charge in [0, 0.05) is 32.1 Å². The van der Waals surface area contributed by atoms with Crippen LogP contribution in [0.5, 0.6) is 0 Å². The number of amides is 1. The number of nitrogens with one attached hydrogen (secondary N) is 1. The number of nitrogens with zero attached hydrogens (tertiary/aromatic N) is 3. The standard InChI is InChI=1S/C15H21N5O/c1-11(12-3-5-13(16)6-4-12)9-15(21)17-8-7-14-19-18-10-20(14)2/h3-6,10-11H,7-9,16H2,1-2H3,(H,17,21). The summed E-state index contributed by atoms with van der Waals surface area (Å²) in [5, 5.41) is 10.7. The lowest BCUT2D eigenvalue weighted by Crippen LogP contribution is -2.27. The van der Waals surface area contributed by atoms with Crippen molar-refractivity contribution >= 4 is 11.6 Å². The number of nitrogens with two attached hydrogens (primary N) is 1. The van der Waals surface area contributed by atoms with E-state index in [2.05, 4.69) is 15.5 Å². The molecule has 1 atom stereocenters. The van der Waals surface area contributed by atoms with Crippen molar-refractivity contribution in [1.29, 1.82) is 0 Å². The highest BCUT2D eigenvalue weighted by Gasteiger charge is 2.11. The van der Waals surface area contributed by atoms with Crippen LogP contribution in [0.3, 0.4) is 0 Å². The van der Waals surface area contributed by atoms with Crippen LogP contribution in [-0.4, -0.2) is 27.2 Å². The van der Waals surface area contributed by atoms with E-state index in [1.54, 1.807) is 6.33 Å². The lowest BCUT2D eigenvalue weighted by Gasteiger charge is -2.12. The van der Waals surface area contributed by atoms with Gasteiger partial charge in [-0.15, -0.1) is 10.2 Å². The van der Waals surface area contributed by atoms with Crippen LogP contribution in [0.4, 0.5) is 5.69 Å². The Morgan fingerprint density at radius 3 is 2.71 bits per heavy atom. The summed E-state index contributed by atoms with van der Waals surface area (Å²) in [5.41, 5.74) is 7.51. The van der Waals surface area contributed by atoms with Gasteiger partial charge < -0.3 is 15.6 Å². The number of hydrogen-bond donors (Lipinski definition) is 2. The van der Waals surface area contributed by atoms with Crippen molar-refractivity contribution in [2.75, 3.05) is 12.3 Å². The maximum absolute atomic E-state index is 11.9. The fourth-order valence-electron chi connectivity index (χ4n) is 2.14. The van der Waals surface area contributed by atoms with E-state index < -0.39 is 0 Å². The minimum atomic E-state index is 0.0430. The van der Waals surface area contributed by atoms with Gasteiger partial charge in [0.15, 0.2) is 0 Å². The maximum Gasteiger partial charge on any atom is 0.220 e. The van der Waals surface area contributed by atoms with Crippen molar-refractivity contribution in [1.82, 2.24) is 20.1 Å². The lowest BCUT2D eigenvalue weighted by molar-refractivity contribution is -0.121. The van der Waals surface area contributed by atoms with Crippen LogP contribution < -0.4 is 11.1 Å². The molecule has 2 aromatic rings. The van der Waals surface area contributed by atoms with Gasteiger partial charge in [-0.1, -0.05) is 19.1 Å². The molecule has 1 heterocycles. The van der Waals surface area contributed by atoms with Gasteiger partial charge in [0.1, 0.15) is 12.2 Å². The van der Waals surface area contributed by atoms with E-state index in [0.717, 1.165) is 17.1 Å². The second-order valence-corrected chi connectivity index (χ2v) is 5.23. The first-order chi connectivity index (χ1) is 10.1. The molecule has 112 valence electrons. The van der Waals surface area contributed by atoms with E-state index >= 15 is 0 Å². The molecule has 1 amide bonds. The molecule has 0 saturated heterocycles. The Morgan fingerprint density at radius 2 is 2.10 bits per heavy atom. The van der Waals surface area contributed by atoms with E-state index in [1.807, 2.05) is 42.8 Å². The fourth-order valence-corrected chi connectivity index (χ4v) is 2.14. The molecular weight excluding hydrogens is 266 g/mol. The second kappa shape index (κ2) is 6.88. The van der Waals surface area contributed by atoms with Crippen LogP contribution in [0.2, 0.25) is 0 Å². The predicted octanol–water partition coefficient (Wildman–Crippen LogP) is 1.25. The molecule has 2 rings (SSSR count). The summed E-state index contributed by atoms with van der Waals surface area (Å²) >= 11 is 0. The van der Waals surface area contributed by atoms with Gasteiger partial charge in [-0.2, -0.15) is 0 Å². The summed E-state index contributed by atoms with van der Waals surface area (Å²) < 4.78 is 1.85. The Balaban J connectivity index is 1.76. The zero-order valence-corrected chi connectivity index (χ0v) is 12.4. The summed E-state index contributed by atoms with van der Waals surface area (Å²) in [7, 11) is 1.89. The molecule has 6 heteroatoms. The van der Waals surface area contributed by atoms with Crippen LogP contribution >= 0.6 is 0 Å². The Labute approximate surface area is 124 Å². The van der Waals surface area contributed by atoms with Crippen molar-refractivity contribution in [2.45, 2.75) is 25.7 Å². The number of aryl methyl sites for hydroxylation is 1. The fraction of sp³-hybridized carbons (Fsp3) is 0.400. The van der Waals surface area contributed by atoms with Gasteiger partial charge in [0.2, 0.25) is 5.91 Å². The van der Waals surface area contributed by atoms with Gasteiger partial charge in [-0.25, -0.2) is 0 Å². The van der Waals surface area contributed by atoms with E-state index in [0.29, 0.717) is 19.4 Å². The molecule has 0 aliphatic heterocycles. The van der Waals surface area contributed by atoms with Crippen LogP contribution in [0.15, 0.2) is 30.6 Å². The van der Waals surface area contributed by atoms with Crippen molar-refractivity contribution in [3.05, 3.63) is 42.0 Å². The maximum atomic E-state index is 11.9. The van der Waals surface area contributed by atoms with E-state index in [9.17, 15) is 4.79 Å². The second-order valence-electron chi connectivity index (χ2n) is 5.23. The molecule has 0 saturated carbocycles. The summed E-state index contributed by atoms with van der Waals surface area (Å²) in [6.45, 7) is 2.60. The van der Waals surface area contributed by atoms with Crippen molar-refractivity contribution < 1.29 is 4.79 Å². The zero-order chi connectivity index (χ0) is 15.2. The number of anilines is 1. The van der Waals surface area contributed by atoms with Gasteiger partial charge >= 0.3 is 0 Å². The minimum Gasteiger partial charge on any atom is -0.399 e. The Kier molecular flexibility index (Phi) is 4.92. The molecule has 0 radical (unpaired) electrons. The lowest BCUT2D eigenvalue weighted by atomic mass is 9.97. The quantitative estimate of drug-likeness (QED) is 0.783. The minimum absolute atomic E-state index is 0.0430. The average Bonchev–Trinajstić information content (AvgIpc) is 2.85. The average molecular weight is 287 g/mol. The summed E-state index contributed by atoms with van der Waals surface area (Å²) in [4.78, 5) is 11.9. The number of nitrogen functional groups attached to an aromatic ring is 1. The van der Waals surface area contributed by atoms with Crippen LogP contribution in [0.25, 0.3) is 0 Å². The van der Waals surface area contributed by atoms with Gasteiger partial charge in [-0.05, 0) is 23.6 Å². The SMILES string of the molecule is CC(CC(=O)NCCc1nncn1C)c1ccc(N)cc1. The molecule has 6 nitrogen and oxygen atoms in total. The Morgan fingerprint density at radius 1 is 1.38 bits per heavy atom. The third-order valence-electron chi connectivity index (χ3n) is 3.47. The van der Waals surface area contributed by atoms with Crippen molar-refractivity contribution in [3.63, 3.8) is 0 Å². The highest BCUT2D eigenvalue weighted by atomic mass is 16.1. The number of benzene rings is 1. The van der Waals surface area contributed by atoms with E-state index in [-0.39, 0.29) is 11.8 Å². The first-order valence-electron chi connectivity index (χ1n) is 7.01. The summed E-state index contributed by atoms with van der Waals surface area (Å²) in [5.74, 6) is 1.07. The smallest absolute Gasteiger partial charge is 0.220 e. The van der Waals surface area contributed by atoms with Gasteiger partial charge in [0.05, 0.1) is 0 Å². The number of hydrogen-bond acceptors (Lipinski definition) is 4. The first kappa shape index (κ1) is 15.0. The van der Waals surface area contributed by atoms with Crippen LogP contribution in [0.1, 0.15) is 30.7 Å². The molecule has 1 aromatic carbocycles. The normalized spacial score (nSPS) is 12.1. The van der Waals surface area contributed by atoms with Crippen LogP contribution in [0, 0.1) is 0 Å². The van der Waals surface area contributed by atoms with E-state index in [1.165, 1.54) is 0 Å². The summed E-state index contributed by atoms with van der Waals surface area (Å²) in [6, 6.07) is 7.65. The third-order valence-corrected chi connectivity index (χ3v) is 3.47. The largest absolute Gasteiger partial charge is 0.399 e. The van der Waals surface area contributed by atoms with Crippen LogP contribution in [-0.2, 0) is 18.3 Å². The zero-order valence-electron chi connectivity index (χ0n) is 12.4. The predicted molar refractivity (Wildman–Crippen MR) is 81.6 cm³/mol. The molecule has 0 aliphatic carbocycles. The Hall–Kier alpha value is -2.37. The number of carbonyl (C=O) groups is 1. The van der Waals surface area contributed by atoms with Crippen molar-refractivity contribution in [2.24, 2.45) is 7.05 Å². The molecular formula is C15H21N5O. The molecule has 0 fully saturated rings. The van der Waals surface area contributed by atoms with Gasteiger partial charge in [-0.3, -0.25) is 4.79 Å². The van der Waals surface area contributed by atoms with Crippen molar-refractivity contribution in [3.8, 4) is 0 Å². The molecule has 3 N–H and O–H groups in total. The number of carbonyl (C=O) groups excluding carboxylic acids is 1.